The maximum atomic E-state index is 14.4. The van der Waals surface area contributed by atoms with Crippen LogP contribution in [0.5, 0.6) is 0 Å². The summed E-state index contributed by atoms with van der Waals surface area (Å²) >= 11 is 0. The van der Waals surface area contributed by atoms with Crippen LogP contribution < -0.4 is 14.7 Å². The molecule has 0 unspecified atom stereocenters. The van der Waals surface area contributed by atoms with Crippen LogP contribution in [-0.4, -0.2) is 45.7 Å². The zero-order chi connectivity index (χ0) is 28.2. The zero-order valence-corrected chi connectivity index (χ0v) is 20.9. The van der Waals surface area contributed by atoms with Crippen LogP contribution in [0.2, 0.25) is 0 Å². The van der Waals surface area contributed by atoms with Gasteiger partial charge in [-0.1, -0.05) is 18.2 Å². The molecule has 0 spiro atoms. The number of carbonyl (C=O) groups is 3. The predicted octanol–water partition coefficient (Wildman–Crippen LogP) is 3.90. The molecule has 0 N–H and O–H groups in total. The second-order valence-corrected chi connectivity index (χ2v) is 9.99. The molecular formula is C28H21F3N6O3. The van der Waals surface area contributed by atoms with Crippen molar-refractivity contribution in [2.45, 2.75) is 49.7 Å². The molecule has 1 aromatic carbocycles. The van der Waals surface area contributed by atoms with Crippen LogP contribution in [0.15, 0.2) is 61.1 Å². The van der Waals surface area contributed by atoms with Crippen LogP contribution in [0, 0.1) is 17.1 Å². The number of hydrogen-bond acceptors (Lipinski definition) is 6. The van der Waals surface area contributed by atoms with E-state index in [0.717, 1.165) is 17.2 Å². The van der Waals surface area contributed by atoms with Crippen molar-refractivity contribution in [2.75, 3.05) is 14.7 Å². The highest BCUT2D eigenvalue weighted by molar-refractivity contribution is 6.15. The van der Waals surface area contributed by atoms with Gasteiger partial charge in [-0.15, -0.1) is 0 Å². The Hall–Kier alpha value is -4.79. The summed E-state index contributed by atoms with van der Waals surface area (Å²) < 4.78 is 42.0. The molecule has 9 nitrogen and oxygen atoms in total. The summed E-state index contributed by atoms with van der Waals surface area (Å²) in [7, 11) is 0. The minimum Gasteiger partial charge on any atom is -0.306 e. The number of para-hydroxylation sites is 1. The molecule has 2 aliphatic heterocycles. The zero-order valence-electron chi connectivity index (χ0n) is 20.9. The van der Waals surface area contributed by atoms with Crippen LogP contribution in [-0.2, 0) is 14.4 Å². The van der Waals surface area contributed by atoms with E-state index in [1.807, 2.05) is 6.07 Å². The highest BCUT2D eigenvalue weighted by atomic mass is 19.3. The van der Waals surface area contributed by atoms with E-state index in [1.165, 1.54) is 34.3 Å². The number of nitriles is 1. The summed E-state index contributed by atoms with van der Waals surface area (Å²) in [5.74, 6) is -5.28. The van der Waals surface area contributed by atoms with Gasteiger partial charge in [-0.2, -0.15) is 5.26 Å². The van der Waals surface area contributed by atoms with Crippen LogP contribution in [0.25, 0.3) is 0 Å². The molecule has 3 aliphatic rings. The fraction of sp³-hybridized carbons (Fsp3) is 0.286. The van der Waals surface area contributed by atoms with E-state index in [1.54, 1.807) is 24.3 Å². The normalized spacial score (nSPS) is 21.6. The summed E-state index contributed by atoms with van der Waals surface area (Å²) in [5, 5.41) is 9.31. The summed E-state index contributed by atoms with van der Waals surface area (Å²) in [4.78, 5) is 52.9. The third-order valence-corrected chi connectivity index (χ3v) is 7.48. The van der Waals surface area contributed by atoms with E-state index in [-0.39, 0.29) is 29.9 Å². The van der Waals surface area contributed by atoms with E-state index >= 15 is 0 Å². The average Bonchev–Trinajstić information content (AvgIpc) is 3.44. The Morgan fingerprint density at radius 2 is 1.88 bits per heavy atom. The molecule has 4 heterocycles. The number of carbonyl (C=O) groups excluding carboxylic acids is 3. The molecule has 0 bridgehead atoms. The molecule has 2 fully saturated rings. The number of pyridine rings is 2. The molecule has 40 heavy (non-hydrogen) atoms. The largest absolute Gasteiger partial charge is 0.306 e. The van der Waals surface area contributed by atoms with Gasteiger partial charge >= 0.3 is 0 Å². The van der Waals surface area contributed by atoms with E-state index in [4.69, 9.17) is 0 Å². The Balaban J connectivity index is 1.44. The number of fused-ring (bicyclic) bond motifs is 1. The summed E-state index contributed by atoms with van der Waals surface area (Å²) in [6, 6.07) is 9.23. The van der Waals surface area contributed by atoms with Gasteiger partial charge < -0.3 is 4.90 Å². The van der Waals surface area contributed by atoms with Gasteiger partial charge in [0, 0.05) is 48.8 Å². The third kappa shape index (κ3) is 4.14. The first-order valence-electron chi connectivity index (χ1n) is 12.6. The third-order valence-electron chi connectivity index (χ3n) is 7.48. The highest BCUT2D eigenvalue weighted by Crippen LogP contribution is 2.49. The number of alkyl halides is 2. The Bertz CT molecular complexity index is 1580. The van der Waals surface area contributed by atoms with Gasteiger partial charge in [0.15, 0.2) is 0 Å². The topological polar surface area (TPSA) is 110 Å². The molecule has 12 heteroatoms. The minimum atomic E-state index is -2.89. The van der Waals surface area contributed by atoms with Crippen LogP contribution in [0.4, 0.5) is 30.4 Å². The van der Waals surface area contributed by atoms with Crippen LogP contribution >= 0.6 is 0 Å². The van der Waals surface area contributed by atoms with Crippen LogP contribution in [0.1, 0.15) is 42.9 Å². The van der Waals surface area contributed by atoms with Gasteiger partial charge in [-0.05, 0) is 24.6 Å². The standard InChI is InChI=1S/C28H21F3N6O3/c29-17-10-18(15-33-14-17)36(26(39)22-5-6-24(38)37(22)23-9-16(13-32)7-8-34-23)25-20-3-1-2-4-21(20)35(27(25)40)19-11-28(30,31)12-19/h1-4,7-10,14-15,19,22,25H,5-6,11-12H2/t22-,25-/m0/s1. The SMILES string of the molecule is N#Cc1ccnc(N2C(=O)CC[C@H]2C(=O)N(c2cncc(F)c2)[C@@H]2C(=O)N(C3CC(F)(F)C3)c3ccccc32)c1. The van der Waals surface area contributed by atoms with Crippen molar-refractivity contribution in [3.63, 3.8) is 0 Å². The predicted molar refractivity (Wildman–Crippen MR) is 136 cm³/mol. The van der Waals surface area contributed by atoms with Crippen LogP contribution in [0.3, 0.4) is 0 Å². The quantitative estimate of drug-likeness (QED) is 0.480. The fourth-order valence-corrected chi connectivity index (χ4v) is 5.68. The van der Waals surface area contributed by atoms with Crippen molar-refractivity contribution in [1.29, 1.82) is 5.26 Å². The molecular weight excluding hydrogens is 525 g/mol. The Kier molecular flexibility index (Phi) is 6.02. The van der Waals surface area contributed by atoms with Gasteiger partial charge in [-0.3, -0.25) is 29.2 Å². The number of rotatable bonds is 5. The monoisotopic (exact) mass is 546 g/mol. The number of benzene rings is 1. The molecule has 202 valence electrons. The molecule has 3 aromatic rings. The van der Waals surface area contributed by atoms with Gasteiger partial charge in [0.2, 0.25) is 5.91 Å². The van der Waals surface area contributed by atoms with Crippen molar-refractivity contribution >= 4 is 34.9 Å². The second kappa shape index (κ2) is 9.44. The lowest BCUT2D eigenvalue weighted by atomic mass is 9.87. The maximum absolute atomic E-state index is 14.4. The Morgan fingerprint density at radius 3 is 2.60 bits per heavy atom. The van der Waals surface area contributed by atoms with E-state index in [9.17, 15) is 32.8 Å². The highest BCUT2D eigenvalue weighted by Gasteiger charge is 2.55. The fourth-order valence-electron chi connectivity index (χ4n) is 5.68. The Labute approximate surface area is 226 Å². The van der Waals surface area contributed by atoms with Crippen molar-refractivity contribution in [2.24, 2.45) is 0 Å². The molecule has 6 rings (SSSR count). The lowest BCUT2D eigenvalue weighted by Gasteiger charge is -2.41. The maximum Gasteiger partial charge on any atom is 0.255 e. The molecule has 1 aliphatic carbocycles. The lowest BCUT2D eigenvalue weighted by Crippen LogP contribution is -2.55. The number of hydrogen-bond donors (Lipinski definition) is 0. The number of anilines is 3. The summed E-state index contributed by atoms with van der Waals surface area (Å²) in [5.41, 5.74) is 0.982. The molecule has 0 radical (unpaired) electrons. The molecule has 1 saturated heterocycles. The number of amides is 3. The van der Waals surface area contributed by atoms with E-state index < -0.39 is 60.4 Å². The second-order valence-electron chi connectivity index (χ2n) is 9.99. The summed E-state index contributed by atoms with van der Waals surface area (Å²) in [6.45, 7) is 0. The lowest BCUT2D eigenvalue weighted by molar-refractivity contribution is -0.128. The van der Waals surface area contributed by atoms with Crippen molar-refractivity contribution in [3.05, 3.63) is 78.0 Å². The Morgan fingerprint density at radius 1 is 1.10 bits per heavy atom. The first-order chi connectivity index (χ1) is 19.2. The van der Waals surface area contributed by atoms with Gasteiger partial charge in [-0.25, -0.2) is 18.2 Å². The smallest absolute Gasteiger partial charge is 0.255 e. The van der Waals surface area contributed by atoms with Gasteiger partial charge in [0.25, 0.3) is 17.7 Å². The average molecular weight is 547 g/mol. The van der Waals surface area contributed by atoms with E-state index in [0.29, 0.717) is 11.3 Å². The van der Waals surface area contributed by atoms with Crippen molar-refractivity contribution in [1.82, 2.24) is 9.97 Å². The molecule has 2 aromatic heterocycles. The first-order valence-corrected chi connectivity index (χ1v) is 12.6. The molecule has 1 saturated carbocycles. The first kappa shape index (κ1) is 25.5. The number of halogens is 3. The van der Waals surface area contributed by atoms with Gasteiger partial charge in [0.05, 0.1) is 29.7 Å². The molecule has 3 amide bonds. The van der Waals surface area contributed by atoms with Crippen molar-refractivity contribution < 1.29 is 27.6 Å². The number of nitrogens with zero attached hydrogens (tertiary/aromatic N) is 6. The van der Waals surface area contributed by atoms with Gasteiger partial charge in [0.1, 0.15) is 23.7 Å². The number of aromatic nitrogens is 2. The molecule has 2 atom stereocenters. The van der Waals surface area contributed by atoms with Crippen molar-refractivity contribution in [3.8, 4) is 6.07 Å². The summed E-state index contributed by atoms with van der Waals surface area (Å²) in [6.07, 6.45) is 2.58. The minimum absolute atomic E-state index is 0.00257. The van der Waals surface area contributed by atoms with E-state index in [2.05, 4.69) is 9.97 Å².